The number of amides is 3. The van der Waals surface area contributed by atoms with Crippen LogP contribution in [0.4, 0.5) is 40.0 Å². The number of ether oxygens (including phenoxy) is 1. The van der Waals surface area contributed by atoms with Crippen molar-refractivity contribution in [1.29, 1.82) is 0 Å². The summed E-state index contributed by atoms with van der Waals surface area (Å²) in [7, 11) is 0. The number of nitrogens with zero attached hydrogens (tertiary/aromatic N) is 3. The van der Waals surface area contributed by atoms with E-state index < -0.39 is 23.9 Å². The van der Waals surface area contributed by atoms with Crippen LogP contribution in [0.5, 0.6) is 0 Å². The zero-order valence-electron chi connectivity index (χ0n) is 24.1. The molecule has 0 unspecified atom stereocenters. The molecule has 0 aliphatic heterocycles. The van der Waals surface area contributed by atoms with E-state index in [2.05, 4.69) is 27.2 Å². The van der Waals surface area contributed by atoms with Gasteiger partial charge in [0.2, 0.25) is 5.89 Å². The third-order valence-corrected chi connectivity index (χ3v) is 6.57. The molecule has 0 fully saturated rings. The highest BCUT2D eigenvalue weighted by molar-refractivity contribution is 6.04. The summed E-state index contributed by atoms with van der Waals surface area (Å²) < 4.78 is 50.7. The summed E-state index contributed by atoms with van der Waals surface area (Å²) in [5.74, 6) is 0.597. The van der Waals surface area contributed by atoms with E-state index in [9.17, 15) is 22.8 Å². The molecular weight excluding hydrogens is 601 g/mol. The van der Waals surface area contributed by atoms with Crippen molar-refractivity contribution < 1.29 is 31.9 Å². The maximum absolute atomic E-state index is 13.3. The summed E-state index contributed by atoms with van der Waals surface area (Å²) in [6.07, 6.45) is -2.49. The van der Waals surface area contributed by atoms with Gasteiger partial charge in [-0.3, -0.25) is 4.90 Å². The van der Waals surface area contributed by atoms with Gasteiger partial charge < -0.3 is 25.5 Å². The maximum Gasteiger partial charge on any atom is 0.416 e. The predicted octanol–water partition coefficient (Wildman–Crippen LogP) is 7.61. The van der Waals surface area contributed by atoms with E-state index in [1.807, 2.05) is 30.3 Å². The van der Waals surface area contributed by atoms with Crippen LogP contribution >= 0.6 is 0 Å². The van der Waals surface area contributed by atoms with Gasteiger partial charge in [0, 0.05) is 23.0 Å². The number of pyridine rings is 1. The average molecular weight is 629 g/mol. The van der Waals surface area contributed by atoms with Crippen molar-refractivity contribution in [2.45, 2.75) is 19.3 Å². The van der Waals surface area contributed by atoms with Crippen LogP contribution in [0.1, 0.15) is 17.0 Å². The summed E-state index contributed by atoms with van der Waals surface area (Å²) in [6, 6.07) is 22.9. The zero-order valence-corrected chi connectivity index (χ0v) is 24.1. The molecule has 10 nitrogen and oxygen atoms in total. The van der Waals surface area contributed by atoms with Crippen LogP contribution in [-0.2, 0) is 24.1 Å². The highest BCUT2D eigenvalue weighted by Gasteiger charge is 2.30. The summed E-state index contributed by atoms with van der Waals surface area (Å²) >= 11 is 0. The van der Waals surface area contributed by atoms with Gasteiger partial charge in [-0.15, -0.1) is 0 Å². The number of anilines is 3. The van der Waals surface area contributed by atoms with Gasteiger partial charge in [0.05, 0.1) is 29.7 Å². The highest BCUT2D eigenvalue weighted by atomic mass is 19.4. The molecule has 0 bridgehead atoms. The Morgan fingerprint density at radius 1 is 0.978 bits per heavy atom. The van der Waals surface area contributed by atoms with Crippen molar-refractivity contribution >= 4 is 29.3 Å². The van der Waals surface area contributed by atoms with Crippen LogP contribution in [0.2, 0.25) is 0 Å². The lowest BCUT2D eigenvalue weighted by Crippen LogP contribution is -2.31. The number of alkyl carbamates (subject to hydrolysis) is 1. The first-order chi connectivity index (χ1) is 22.1. The van der Waals surface area contributed by atoms with Crippen molar-refractivity contribution in [3.05, 3.63) is 127 Å². The van der Waals surface area contributed by atoms with Gasteiger partial charge in [-0.2, -0.15) is 13.2 Å². The van der Waals surface area contributed by atoms with E-state index >= 15 is 0 Å². The lowest BCUT2D eigenvalue weighted by atomic mass is 10.1. The van der Waals surface area contributed by atoms with Gasteiger partial charge in [0.1, 0.15) is 6.61 Å². The lowest BCUT2D eigenvalue weighted by molar-refractivity contribution is -0.137. The zero-order chi connectivity index (χ0) is 32.7. The quantitative estimate of drug-likeness (QED) is 0.153. The number of aromatic nitrogens is 2. The van der Waals surface area contributed by atoms with Gasteiger partial charge in [-0.25, -0.2) is 19.6 Å². The van der Waals surface area contributed by atoms with Crippen molar-refractivity contribution in [2.24, 2.45) is 0 Å². The number of nitrogens with two attached hydrogens (primary N) is 1. The number of hydrogen-bond donors (Lipinski definition) is 3. The van der Waals surface area contributed by atoms with Gasteiger partial charge in [-0.1, -0.05) is 61.2 Å². The number of nitrogen functional groups attached to an aromatic ring is 1. The first kappa shape index (κ1) is 31.3. The Hall–Kier alpha value is -6.11. The van der Waals surface area contributed by atoms with Gasteiger partial charge >= 0.3 is 18.3 Å². The van der Waals surface area contributed by atoms with Crippen LogP contribution < -0.4 is 21.3 Å². The summed E-state index contributed by atoms with van der Waals surface area (Å²) in [5.41, 5.74) is 7.55. The fourth-order valence-electron chi connectivity index (χ4n) is 4.31. The number of urea groups is 1. The fourth-order valence-corrected chi connectivity index (χ4v) is 4.31. The molecule has 3 amide bonds. The molecule has 3 aromatic carbocycles. The van der Waals surface area contributed by atoms with E-state index in [1.165, 1.54) is 36.7 Å². The first-order valence-corrected chi connectivity index (χ1v) is 13.8. The molecule has 2 heterocycles. The molecular formula is C33H27F3N6O4. The molecule has 46 heavy (non-hydrogen) atoms. The molecule has 5 aromatic rings. The highest BCUT2D eigenvalue weighted by Crippen LogP contribution is 2.33. The molecule has 0 atom stereocenters. The number of halogens is 3. The number of oxazole rings is 1. The Morgan fingerprint density at radius 3 is 2.50 bits per heavy atom. The van der Waals surface area contributed by atoms with Crippen molar-refractivity contribution in [3.8, 4) is 22.6 Å². The number of nitrogens with one attached hydrogen (secondary N) is 2. The van der Waals surface area contributed by atoms with E-state index in [-0.39, 0.29) is 41.8 Å². The van der Waals surface area contributed by atoms with E-state index in [4.69, 9.17) is 14.9 Å². The smallest absolute Gasteiger partial charge is 0.416 e. The Balaban J connectivity index is 1.25. The summed E-state index contributed by atoms with van der Waals surface area (Å²) in [6.45, 7) is 3.79. The standard InChI is InChI=1S/C33H27F3N6O4/c1-2-42(30-26(37)14-15-27(41-30)22-10-6-12-24(16-22)33(34,35)36)31(43)40-25-13-7-11-23(17-25)28-18-38-29(46-28)19-39-32(44)45-20-21-8-4-3-5-9-21/h2-18H,1,19-20,37H2,(H,39,44)(H,40,43). The monoisotopic (exact) mass is 628 g/mol. The van der Waals surface area contributed by atoms with Crippen molar-refractivity contribution in [2.75, 3.05) is 16.0 Å². The molecule has 13 heteroatoms. The Morgan fingerprint density at radius 2 is 1.74 bits per heavy atom. The first-order valence-electron chi connectivity index (χ1n) is 13.8. The van der Waals surface area contributed by atoms with Crippen LogP contribution in [0.3, 0.4) is 0 Å². The minimum absolute atomic E-state index is 0.00761. The van der Waals surface area contributed by atoms with Crippen molar-refractivity contribution in [1.82, 2.24) is 15.3 Å². The van der Waals surface area contributed by atoms with Gasteiger partial charge in [0.25, 0.3) is 0 Å². The number of carbonyl (C=O) groups is 2. The van der Waals surface area contributed by atoms with Crippen LogP contribution in [0.25, 0.3) is 22.6 Å². The molecule has 4 N–H and O–H groups in total. The number of benzene rings is 3. The topological polar surface area (TPSA) is 136 Å². The van der Waals surface area contributed by atoms with Gasteiger partial charge in [0.15, 0.2) is 11.6 Å². The molecule has 2 aromatic heterocycles. The second-order valence-electron chi connectivity index (χ2n) is 9.78. The second-order valence-corrected chi connectivity index (χ2v) is 9.78. The summed E-state index contributed by atoms with van der Waals surface area (Å²) in [5, 5.41) is 5.31. The van der Waals surface area contributed by atoms with Crippen LogP contribution in [-0.4, -0.2) is 22.1 Å². The molecule has 234 valence electrons. The van der Waals surface area contributed by atoms with E-state index in [0.29, 0.717) is 17.0 Å². The normalized spacial score (nSPS) is 11.0. The van der Waals surface area contributed by atoms with Crippen LogP contribution in [0, 0.1) is 0 Å². The van der Waals surface area contributed by atoms with E-state index in [1.54, 1.807) is 24.3 Å². The maximum atomic E-state index is 13.3. The molecule has 0 saturated carbocycles. The molecule has 0 aliphatic rings. The Kier molecular flexibility index (Phi) is 9.31. The number of rotatable bonds is 9. The Bertz CT molecular complexity index is 1860. The summed E-state index contributed by atoms with van der Waals surface area (Å²) in [4.78, 5) is 34.9. The fraction of sp³-hybridized carbons (Fsp3) is 0.0909. The Labute approximate surface area is 261 Å². The third-order valence-electron chi connectivity index (χ3n) is 6.57. The largest absolute Gasteiger partial charge is 0.445 e. The predicted molar refractivity (Wildman–Crippen MR) is 166 cm³/mol. The number of alkyl halides is 3. The molecule has 0 aliphatic carbocycles. The molecule has 0 radical (unpaired) electrons. The SMILES string of the molecule is C=CN(C(=O)Nc1cccc(-c2cnc(CNC(=O)OCc3ccccc3)o2)c1)c1nc(-c2cccc(C(F)(F)F)c2)ccc1N. The van der Waals surface area contributed by atoms with E-state index in [0.717, 1.165) is 22.6 Å². The average Bonchev–Trinajstić information content (AvgIpc) is 3.53. The number of carbonyl (C=O) groups excluding carboxylic acids is 2. The van der Waals surface area contributed by atoms with Gasteiger partial charge in [-0.05, 0) is 42.0 Å². The van der Waals surface area contributed by atoms with Crippen molar-refractivity contribution in [3.63, 3.8) is 0 Å². The minimum Gasteiger partial charge on any atom is -0.445 e. The van der Waals surface area contributed by atoms with Crippen LogP contribution in [0.15, 0.2) is 114 Å². The minimum atomic E-state index is -4.53. The second kappa shape index (κ2) is 13.7. The lowest BCUT2D eigenvalue weighted by Gasteiger charge is -2.20. The number of hydrogen-bond acceptors (Lipinski definition) is 7. The third kappa shape index (κ3) is 7.69. The molecule has 5 rings (SSSR count). The molecule has 0 saturated heterocycles. The molecule has 0 spiro atoms.